The zero-order valence-corrected chi connectivity index (χ0v) is 17.1. The van der Waals surface area contributed by atoms with Gasteiger partial charge in [0.1, 0.15) is 5.76 Å². The van der Waals surface area contributed by atoms with Gasteiger partial charge in [-0.1, -0.05) is 5.16 Å². The number of aromatic nitrogens is 4. The molecule has 0 aromatic carbocycles. The Morgan fingerprint density at radius 1 is 1.38 bits per heavy atom. The third-order valence-corrected chi connectivity index (χ3v) is 5.11. The number of hydrogen-bond donors (Lipinski definition) is 0. The Morgan fingerprint density at radius 2 is 2.21 bits per heavy atom. The van der Waals surface area contributed by atoms with Crippen LogP contribution in [0.25, 0.3) is 11.6 Å². The van der Waals surface area contributed by atoms with Crippen LogP contribution in [0.5, 0.6) is 0 Å². The standard InChI is InChI=1S/C20H25N5O4/c1-12(2)25-16-7-9-27-11-15(16)18(22-25)19-21-17(23-29-19)5-8-24(4)20(26)14-6-10-28-13(14)3/h6,10,12H,5,7-9,11H2,1-4H3. The molecule has 4 heterocycles. The van der Waals surface area contributed by atoms with Gasteiger partial charge in [0.15, 0.2) is 11.5 Å². The normalized spacial score (nSPS) is 13.7. The first-order chi connectivity index (χ1) is 14.0. The summed E-state index contributed by atoms with van der Waals surface area (Å²) >= 11 is 0. The molecule has 9 heteroatoms. The first-order valence-corrected chi connectivity index (χ1v) is 9.76. The van der Waals surface area contributed by atoms with E-state index in [4.69, 9.17) is 18.8 Å². The first kappa shape index (κ1) is 19.4. The molecule has 1 amide bonds. The van der Waals surface area contributed by atoms with E-state index in [1.54, 1.807) is 24.9 Å². The van der Waals surface area contributed by atoms with E-state index in [2.05, 4.69) is 24.0 Å². The number of ether oxygens (including phenoxy) is 1. The summed E-state index contributed by atoms with van der Waals surface area (Å²) in [4.78, 5) is 18.6. The van der Waals surface area contributed by atoms with Crippen LogP contribution in [0.1, 0.15) is 53.1 Å². The summed E-state index contributed by atoms with van der Waals surface area (Å²) in [6.45, 7) is 7.62. The van der Waals surface area contributed by atoms with Crippen LogP contribution in [0.15, 0.2) is 21.3 Å². The number of amides is 1. The molecular formula is C20H25N5O4. The van der Waals surface area contributed by atoms with E-state index in [0.29, 0.717) is 54.9 Å². The summed E-state index contributed by atoms with van der Waals surface area (Å²) in [7, 11) is 1.74. The van der Waals surface area contributed by atoms with Crippen molar-refractivity contribution in [2.75, 3.05) is 20.2 Å². The summed E-state index contributed by atoms with van der Waals surface area (Å²) < 4.78 is 18.3. The molecule has 0 unspecified atom stereocenters. The van der Waals surface area contributed by atoms with Crippen LogP contribution >= 0.6 is 0 Å². The van der Waals surface area contributed by atoms with E-state index in [-0.39, 0.29) is 11.9 Å². The van der Waals surface area contributed by atoms with Gasteiger partial charge in [-0.15, -0.1) is 0 Å². The topological polar surface area (TPSA) is 99.4 Å². The highest BCUT2D eigenvalue weighted by Gasteiger charge is 2.26. The number of hydrogen-bond acceptors (Lipinski definition) is 7. The molecule has 154 valence electrons. The molecule has 9 nitrogen and oxygen atoms in total. The van der Waals surface area contributed by atoms with Gasteiger partial charge >= 0.3 is 0 Å². The van der Waals surface area contributed by atoms with Crippen LogP contribution in [0.2, 0.25) is 0 Å². The third kappa shape index (κ3) is 3.69. The van der Waals surface area contributed by atoms with E-state index >= 15 is 0 Å². The first-order valence-electron chi connectivity index (χ1n) is 9.76. The molecule has 29 heavy (non-hydrogen) atoms. The lowest BCUT2D eigenvalue weighted by Gasteiger charge is -2.16. The van der Waals surface area contributed by atoms with Crippen molar-refractivity contribution in [3.8, 4) is 11.6 Å². The summed E-state index contributed by atoms with van der Waals surface area (Å²) in [5, 5.41) is 8.78. The Balaban J connectivity index is 1.48. The minimum atomic E-state index is -0.0955. The largest absolute Gasteiger partial charge is 0.469 e. The minimum Gasteiger partial charge on any atom is -0.469 e. The quantitative estimate of drug-likeness (QED) is 0.628. The van der Waals surface area contributed by atoms with E-state index in [1.165, 1.54) is 12.0 Å². The zero-order valence-electron chi connectivity index (χ0n) is 17.1. The summed E-state index contributed by atoms with van der Waals surface area (Å²) in [5.41, 5.74) is 3.43. The fraction of sp³-hybridized carbons (Fsp3) is 0.500. The Morgan fingerprint density at radius 3 is 2.93 bits per heavy atom. The van der Waals surface area contributed by atoms with Crippen molar-refractivity contribution in [1.29, 1.82) is 0 Å². The van der Waals surface area contributed by atoms with Crippen molar-refractivity contribution < 1.29 is 18.5 Å². The fourth-order valence-corrected chi connectivity index (χ4v) is 3.50. The van der Waals surface area contributed by atoms with Gasteiger partial charge in [0.05, 0.1) is 25.0 Å². The lowest BCUT2D eigenvalue weighted by molar-refractivity contribution is 0.0794. The van der Waals surface area contributed by atoms with Crippen molar-refractivity contribution in [2.24, 2.45) is 0 Å². The number of nitrogens with zero attached hydrogens (tertiary/aromatic N) is 5. The summed E-state index contributed by atoms with van der Waals surface area (Å²) in [6, 6.07) is 1.92. The minimum absolute atomic E-state index is 0.0955. The number of carbonyl (C=O) groups excluding carboxylic acids is 1. The molecular weight excluding hydrogens is 374 g/mol. The monoisotopic (exact) mass is 399 g/mol. The van der Waals surface area contributed by atoms with Crippen LogP contribution in [0, 0.1) is 6.92 Å². The number of furan rings is 1. The van der Waals surface area contributed by atoms with Gasteiger partial charge in [-0.05, 0) is 26.8 Å². The van der Waals surface area contributed by atoms with Gasteiger partial charge in [-0.3, -0.25) is 9.48 Å². The Bertz CT molecular complexity index is 1020. The van der Waals surface area contributed by atoms with Gasteiger partial charge in [0, 0.05) is 43.7 Å². The molecule has 0 atom stereocenters. The number of fused-ring (bicyclic) bond motifs is 1. The molecule has 4 rings (SSSR count). The second-order valence-electron chi connectivity index (χ2n) is 7.50. The van der Waals surface area contributed by atoms with Gasteiger partial charge in [0.25, 0.3) is 11.8 Å². The molecule has 0 spiro atoms. The summed E-state index contributed by atoms with van der Waals surface area (Å²) in [6.07, 6.45) is 2.82. The van der Waals surface area contributed by atoms with Gasteiger partial charge in [-0.2, -0.15) is 10.1 Å². The lowest BCUT2D eigenvalue weighted by Crippen LogP contribution is -2.29. The van der Waals surface area contributed by atoms with Crippen molar-refractivity contribution in [1.82, 2.24) is 24.8 Å². The molecule has 0 N–H and O–H groups in total. The second kappa shape index (κ2) is 7.82. The van der Waals surface area contributed by atoms with Crippen LogP contribution in [0.4, 0.5) is 0 Å². The van der Waals surface area contributed by atoms with Crippen molar-refractivity contribution in [2.45, 2.75) is 46.3 Å². The summed E-state index contributed by atoms with van der Waals surface area (Å²) in [5.74, 6) is 1.44. The molecule has 0 radical (unpaired) electrons. The molecule has 3 aromatic rings. The Kier molecular flexibility index (Phi) is 5.23. The maximum atomic E-state index is 12.5. The fourth-order valence-electron chi connectivity index (χ4n) is 3.50. The average Bonchev–Trinajstić information content (AvgIpc) is 3.43. The number of rotatable bonds is 6. The maximum Gasteiger partial charge on any atom is 0.278 e. The van der Waals surface area contributed by atoms with Crippen LogP contribution < -0.4 is 0 Å². The average molecular weight is 399 g/mol. The van der Waals surface area contributed by atoms with Gasteiger partial charge in [-0.25, -0.2) is 0 Å². The van der Waals surface area contributed by atoms with Crippen LogP contribution in [-0.4, -0.2) is 50.9 Å². The number of carbonyl (C=O) groups is 1. The smallest absolute Gasteiger partial charge is 0.278 e. The molecule has 0 fully saturated rings. The third-order valence-electron chi connectivity index (χ3n) is 5.11. The molecule has 0 saturated heterocycles. The highest BCUT2D eigenvalue weighted by molar-refractivity contribution is 5.94. The number of aryl methyl sites for hydroxylation is 1. The van der Waals surface area contributed by atoms with E-state index < -0.39 is 0 Å². The lowest BCUT2D eigenvalue weighted by atomic mass is 10.1. The Labute approximate surface area is 168 Å². The van der Waals surface area contributed by atoms with Crippen LogP contribution in [-0.2, 0) is 24.2 Å². The predicted octanol–water partition coefficient (Wildman–Crippen LogP) is 2.80. The van der Waals surface area contributed by atoms with Crippen molar-refractivity contribution >= 4 is 5.91 Å². The Hall–Kier alpha value is -2.94. The molecule has 1 aliphatic rings. The van der Waals surface area contributed by atoms with Gasteiger partial charge < -0.3 is 18.6 Å². The van der Waals surface area contributed by atoms with Crippen LogP contribution in [0.3, 0.4) is 0 Å². The molecule has 0 bridgehead atoms. The second-order valence-corrected chi connectivity index (χ2v) is 7.50. The van der Waals surface area contributed by atoms with E-state index in [1.807, 2.05) is 4.68 Å². The molecule has 0 aliphatic carbocycles. The van der Waals surface area contributed by atoms with E-state index in [0.717, 1.165) is 12.0 Å². The van der Waals surface area contributed by atoms with E-state index in [9.17, 15) is 4.79 Å². The zero-order chi connectivity index (χ0) is 20.5. The highest BCUT2D eigenvalue weighted by atomic mass is 16.5. The molecule has 1 aliphatic heterocycles. The van der Waals surface area contributed by atoms with Gasteiger partial charge in [0.2, 0.25) is 0 Å². The predicted molar refractivity (Wildman–Crippen MR) is 103 cm³/mol. The van der Waals surface area contributed by atoms with Crippen molar-refractivity contribution in [3.05, 3.63) is 40.7 Å². The number of likely N-dealkylation sites (N-methyl/N-ethyl adjacent to an activating group) is 1. The maximum absolute atomic E-state index is 12.5. The molecule has 3 aromatic heterocycles. The SMILES string of the molecule is Cc1occc1C(=O)N(C)CCc1noc(-c2nn(C(C)C)c3c2COCC3)n1. The van der Waals surface area contributed by atoms with Crippen molar-refractivity contribution in [3.63, 3.8) is 0 Å². The highest BCUT2D eigenvalue weighted by Crippen LogP contribution is 2.30. The molecule has 0 saturated carbocycles.